The zero-order chi connectivity index (χ0) is 17.8. The van der Waals surface area contributed by atoms with E-state index < -0.39 is 25.4 Å². The predicted molar refractivity (Wildman–Crippen MR) is 97.9 cm³/mol. The van der Waals surface area contributed by atoms with Crippen LogP contribution >= 0.6 is 0 Å². The average molecular weight is 369 g/mol. The summed E-state index contributed by atoms with van der Waals surface area (Å²) in [7, 11) is -1.82. The van der Waals surface area contributed by atoms with E-state index in [9.17, 15) is 0 Å². The number of rotatable bonds is 10. The predicted octanol–water partition coefficient (Wildman–Crippen LogP) is 3.57. The summed E-state index contributed by atoms with van der Waals surface area (Å²) in [5, 5.41) is -0.249. The summed E-state index contributed by atoms with van der Waals surface area (Å²) in [5.74, 6) is 0. The van der Waals surface area contributed by atoms with Gasteiger partial charge in [-0.2, -0.15) is 0 Å². The molecule has 0 aliphatic carbocycles. The maximum atomic E-state index is 6.52. The van der Waals surface area contributed by atoms with Gasteiger partial charge in [0, 0.05) is 21.3 Å². The topological polar surface area (TPSA) is 46.2 Å². The quantitative estimate of drug-likeness (QED) is 0.552. The van der Waals surface area contributed by atoms with Crippen LogP contribution < -0.4 is 0 Å². The lowest BCUT2D eigenvalue weighted by atomic mass is 10.3. The van der Waals surface area contributed by atoms with Crippen molar-refractivity contribution in [2.24, 2.45) is 0 Å². The van der Waals surface area contributed by atoms with Crippen molar-refractivity contribution in [1.82, 2.24) is 0 Å². The molecule has 0 aliphatic rings. The van der Waals surface area contributed by atoms with Crippen LogP contribution in [0.4, 0.5) is 0 Å². The van der Waals surface area contributed by atoms with E-state index in [2.05, 4.69) is 46.6 Å². The Morgan fingerprint density at radius 3 is 1.59 bits per heavy atom. The van der Waals surface area contributed by atoms with Gasteiger partial charge in [0.25, 0.3) is 0 Å². The molecule has 5 nitrogen and oxygen atoms in total. The maximum Gasteiger partial charge on any atom is 0.528 e. The molecule has 0 saturated carbocycles. The molecule has 0 fully saturated rings. The second-order valence-electron chi connectivity index (χ2n) is 7.29. The van der Waals surface area contributed by atoms with Crippen molar-refractivity contribution in [1.29, 1.82) is 0 Å². The zero-order valence-electron chi connectivity index (χ0n) is 16.3. The Kier molecular flexibility index (Phi) is 8.18. The van der Waals surface area contributed by atoms with Crippen LogP contribution in [0, 0.1) is 0 Å². The van der Waals surface area contributed by atoms with Gasteiger partial charge in [0.15, 0.2) is 8.32 Å². The number of hydrogen-bond acceptors (Lipinski definition) is 5. The summed E-state index contributed by atoms with van der Waals surface area (Å²) in [6.45, 7) is 17.4. The standard InChI is InChI=1S/C14H36O5Si3/c1-12-14(3,19-20(7,8)9)21(10,11)18-13(2)22(15-4,16-5)17-6/h13H,12H2,1-11H3. The fourth-order valence-electron chi connectivity index (χ4n) is 2.68. The smallest absolute Gasteiger partial charge is 0.412 e. The van der Waals surface area contributed by atoms with Crippen LogP contribution in [0.3, 0.4) is 0 Å². The fourth-order valence-corrected chi connectivity index (χ4v) is 11.0. The molecule has 0 radical (unpaired) electrons. The van der Waals surface area contributed by atoms with Gasteiger partial charge in [0.2, 0.25) is 8.32 Å². The minimum absolute atomic E-state index is 0.231. The van der Waals surface area contributed by atoms with Crippen molar-refractivity contribution in [3.63, 3.8) is 0 Å². The van der Waals surface area contributed by atoms with E-state index in [1.54, 1.807) is 21.3 Å². The summed E-state index contributed by atoms with van der Waals surface area (Å²) < 4.78 is 29.7. The third-order valence-corrected chi connectivity index (χ3v) is 12.6. The molecule has 0 aromatic carbocycles. The van der Waals surface area contributed by atoms with E-state index in [0.29, 0.717) is 0 Å². The highest BCUT2D eigenvalue weighted by Gasteiger charge is 2.53. The van der Waals surface area contributed by atoms with E-state index in [4.69, 9.17) is 22.1 Å². The van der Waals surface area contributed by atoms with Gasteiger partial charge in [-0.15, -0.1) is 0 Å². The molecular weight excluding hydrogens is 332 g/mol. The molecule has 0 aromatic heterocycles. The average Bonchev–Trinajstić information content (AvgIpc) is 2.38. The minimum Gasteiger partial charge on any atom is -0.412 e. The van der Waals surface area contributed by atoms with Gasteiger partial charge in [-0.1, -0.05) is 6.92 Å². The van der Waals surface area contributed by atoms with Gasteiger partial charge in [-0.05, 0) is 53.0 Å². The SMILES string of the molecule is CCC(C)(O[Si](C)(C)C)[Si](C)(C)OC(C)[Si](OC)(OC)OC. The molecule has 2 atom stereocenters. The third-order valence-electron chi connectivity index (χ3n) is 4.30. The lowest BCUT2D eigenvalue weighted by Gasteiger charge is -2.47. The largest absolute Gasteiger partial charge is 0.528 e. The molecule has 2 unspecified atom stereocenters. The van der Waals surface area contributed by atoms with Crippen LogP contribution in [0.5, 0.6) is 0 Å². The van der Waals surface area contributed by atoms with Crippen molar-refractivity contribution >= 4 is 25.4 Å². The van der Waals surface area contributed by atoms with Gasteiger partial charge in [-0.3, -0.25) is 0 Å². The van der Waals surface area contributed by atoms with Crippen LogP contribution in [-0.4, -0.2) is 57.7 Å². The highest BCUT2D eigenvalue weighted by molar-refractivity contribution is 6.77. The normalized spacial score (nSPS) is 18.1. The Labute approximate surface area is 140 Å². The van der Waals surface area contributed by atoms with E-state index in [0.717, 1.165) is 6.42 Å². The second kappa shape index (κ2) is 8.02. The van der Waals surface area contributed by atoms with Crippen LogP contribution in [0.2, 0.25) is 32.7 Å². The molecule has 0 aliphatic heterocycles. The first kappa shape index (κ1) is 22.5. The van der Waals surface area contributed by atoms with Crippen LogP contribution in [-0.2, 0) is 22.1 Å². The summed E-state index contributed by atoms with van der Waals surface area (Å²) in [6.07, 6.45) is 0.921. The summed E-state index contributed by atoms with van der Waals surface area (Å²) >= 11 is 0. The van der Waals surface area contributed by atoms with Crippen molar-refractivity contribution in [2.45, 2.75) is 70.9 Å². The Morgan fingerprint density at radius 1 is 0.909 bits per heavy atom. The highest BCUT2D eigenvalue weighted by atomic mass is 28.4. The molecule has 0 N–H and O–H groups in total. The Morgan fingerprint density at radius 2 is 1.32 bits per heavy atom. The van der Waals surface area contributed by atoms with E-state index in [-0.39, 0.29) is 11.0 Å². The first-order valence-electron chi connectivity index (χ1n) is 7.86. The minimum atomic E-state index is -2.81. The molecule has 0 bridgehead atoms. The first-order valence-corrected chi connectivity index (χ1v) is 16.0. The molecule has 0 heterocycles. The van der Waals surface area contributed by atoms with Crippen LogP contribution in [0.25, 0.3) is 0 Å². The van der Waals surface area contributed by atoms with Crippen molar-refractivity contribution in [2.75, 3.05) is 21.3 Å². The third kappa shape index (κ3) is 5.23. The van der Waals surface area contributed by atoms with Crippen molar-refractivity contribution < 1.29 is 22.1 Å². The number of hydrogen-bond donors (Lipinski definition) is 0. The molecule has 22 heavy (non-hydrogen) atoms. The monoisotopic (exact) mass is 368 g/mol. The van der Waals surface area contributed by atoms with Crippen molar-refractivity contribution in [3.05, 3.63) is 0 Å². The molecule has 0 saturated heterocycles. The Balaban J connectivity index is 5.37. The molecule has 134 valence electrons. The summed E-state index contributed by atoms with van der Waals surface area (Å²) in [6, 6.07) is 0. The molecule has 0 aromatic rings. The summed E-state index contributed by atoms with van der Waals surface area (Å²) in [5.41, 5.74) is -0.231. The van der Waals surface area contributed by atoms with Crippen LogP contribution in [0.1, 0.15) is 27.2 Å². The fraction of sp³-hybridized carbons (Fsp3) is 1.00. The second-order valence-corrected chi connectivity index (χ2v) is 19.3. The molecular formula is C14H36O5Si3. The first-order chi connectivity index (χ1) is 9.83. The molecule has 8 heteroatoms. The van der Waals surface area contributed by atoms with E-state index in [1.807, 2.05) is 6.92 Å². The van der Waals surface area contributed by atoms with Crippen molar-refractivity contribution in [3.8, 4) is 0 Å². The Bertz CT molecular complexity index is 334. The van der Waals surface area contributed by atoms with Gasteiger partial charge >= 0.3 is 8.80 Å². The van der Waals surface area contributed by atoms with Gasteiger partial charge in [0.05, 0.1) is 5.22 Å². The molecule has 0 rings (SSSR count). The van der Waals surface area contributed by atoms with E-state index >= 15 is 0 Å². The van der Waals surface area contributed by atoms with E-state index in [1.165, 1.54) is 0 Å². The Hall–Kier alpha value is 0.451. The molecule has 0 spiro atoms. The zero-order valence-corrected chi connectivity index (χ0v) is 19.3. The molecule has 0 amide bonds. The maximum absolute atomic E-state index is 6.52. The lowest BCUT2D eigenvalue weighted by Crippen LogP contribution is -2.64. The lowest BCUT2D eigenvalue weighted by molar-refractivity contribution is 0.0547. The highest BCUT2D eigenvalue weighted by Crippen LogP contribution is 2.34. The van der Waals surface area contributed by atoms with Gasteiger partial charge < -0.3 is 22.1 Å². The summed E-state index contributed by atoms with van der Waals surface area (Å²) in [4.78, 5) is 0. The van der Waals surface area contributed by atoms with Gasteiger partial charge in [-0.25, -0.2) is 0 Å². The van der Waals surface area contributed by atoms with Gasteiger partial charge in [0.1, 0.15) is 5.73 Å². The van der Waals surface area contributed by atoms with Crippen LogP contribution in [0.15, 0.2) is 0 Å².